The lowest BCUT2D eigenvalue weighted by atomic mass is 9.73. The molecule has 0 spiro atoms. The number of hydrogen-bond donors (Lipinski definition) is 1. The molecule has 150 valence electrons. The van der Waals surface area contributed by atoms with E-state index in [2.05, 4.69) is 5.32 Å². The Morgan fingerprint density at radius 3 is 2.55 bits per heavy atom. The average molecular weight is 391 g/mol. The molecule has 2 aliphatic rings. The number of hydrogen-bond acceptors (Lipinski definition) is 3. The summed E-state index contributed by atoms with van der Waals surface area (Å²) in [5.41, 5.74) is 1.84. The standard InChI is InChI=1S/C23H25N3O3/c1-25-19-10-6-5-9-18(19)23(22(25)29,15-17-7-3-2-4-8-17)16-21(28)26-13-11-20(27)24-12-14-26/h2-10H,11-16H2,1H3,(H,24,27)/t23-/m1/s1. The lowest BCUT2D eigenvalue weighted by molar-refractivity contribution is -0.136. The molecule has 1 saturated heterocycles. The number of fused-ring (bicyclic) bond motifs is 1. The molecule has 0 saturated carbocycles. The summed E-state index contributed by atoms with van der Waals surface area (Å²) in [6.07, 6.45) is 0.850. The van der Waals surface area contributed by atoms with Gasteiger partial charge in [-0.2, -0.15) is 0 Å². The number of carbonyl (C=O) groups excluding carboxylic acids is 3. The summed E-state index contributed by atoms with van der Waals surface area (Å²) < 4.78 is 0. The van der Waals surface area contributed by atoms with Gasteiger partial charge in [0.05, 0.1) is 5.41 Å². The minimum Gasteiger partial charge on any atom is -0.354 e. The zero-order chi connectivity index (χ0) is 20.4. The first-order chi connectivity index (χ1) is 14.0. The van der Waals surface area contributed by atoms with E-state index in [-0.39, 0.29) is 24.1 Å². The van der Waals surface area contributed by atoms with E-state index in [1.165, 1.54) is 0 Å². The minimum atomic E-state index is -0.937. The normalized spacial score (nSPS) is 21.6. The molecule has 0 radical (unpaired) electrons. The van der Waals surface area contributed by atoms with Crippen LogP contribution in [0.15, 0.2) is 54.6 Å². The van der Waals surface area contributed by atoms with Crippen molar-refractivity contribution < 1.29 is 14.4 Å². The highest BCUT2D eigenvalue weighted by Crippen LogP contribution is 2.45. The van der Waals surface area contributed by atoms with Crippen molar-refractivity contribution in [1.82, 2.24) is 10.2 Å². The van der Waals surface area contributed by atoms with Crippen LogP contribution in [0.3, 0.4) is 0 Å². The Hall–Kier alpha value is -3.15. The smallest absolute Gasteiger partial charge is 0.238 e. The lowest BCUT2D eigenvalue weighted by Gasteiger charge is -2.31. The van der Waals surface area contributed by atoms with Gasteiger partial charge in [0, 0.05) is 45.2 Å². The van der Waals surface area contributed by atoms with Crippen LogP contribution in [0.1, 0.15) is 24.0 Å². The van der Waals surface area contributed by atoms with Gasteiger partial charge in [0.15, 0.2) is 0 Å². The van der Waals surface area contributed by atoms with Crippen LogP contribution in [-0.4, -0.2) is 49.3 Å². The monoisotopic (exact) mass is 391 g/mol. The fraction of sp³-hybridized carbons (Fsp3) is 0.348. The Morgan fingerprint density at radius 2 is 1.76 bits per heavy atom. The van der Waals surface area contributed by atoms with Crippen LogP contribution in [-0.2, 0) is 26.2 Å². The number of likely N-dealkylation sites (N-methyl/N-ethyl adjacent to an activating group) is 1. The SMILES string of the molecule is CN1C(=O)[C@@](CC(=O)N2CCNC(=O)CC2)(Cc2ccccc2)c2ccccc21. The molecule has 2 aromatic carbocycles. The summed E-state index contributed by atoms with van der Waals surface area (Å²) in [6.45, 7) is 1.30. The van der Waals surface area contributed by atoms with E-state index >= 15 is 0 Å². The largest absolute Gasteiger partial charge is 0.354 e. The molecular formula is C23H25N3O3. The van der Waals surface area contributed by atoms with Gasteiger partial charge >= 0.3 is 0 Å². The zero-order valence-corrected chi connectivity index (χ0v) is 16.6. The quantitative estimate of drug-likeness (QED) is 0.865. The summed E-state index contributed by atoms with van der Waals surface area (Å²) in [5.74, 6) is -0.183. The highest BCUT2D eigenvalue weighted by atomic mass is 16.2. The third kappa shape index (κ3) is 3.50. The van der Waals surface area contributed by atoms with Gasteiger partial charge in [-0.1, -0.05) is 48.5 Å². The first-order valence-electron chi connectivity index (χ1n) is 9.97. The van der Waals surface area contributed by atoms with Crippen molar-refractivity contribution in [2.45, 2.75) is 24.7 Å². The van der Waals surface area contributed by atoms with E-state index in [0.29, 0.717) is 32.5 Å². The van der Waals surface area contributed by atoms with Crippen LogP contribution in [0.4, 0.5) is 5.69 Å². The Bertz CT molecular complexity index is 943. The van der Waals surface area contributed by atoms with Gasteiger partial charge in [-0.3, -0.25) is 14.4 Å². The van der Waals surface area contributed by atoms with Gasteiger partial charge < -0.3 is 15.1 Å². The Morgan fingerprint density at radius 1 is 1.03 bits per heavy atom. The van der Waals surface area contributed by atoms with Gasteiger partial charge in [-0.25, -0.2) is 0 Å². The van der Waals surface area contributed by atoms with Crippen LogP contribution in [0.2, 0.25) is 0 Å². The van der Waals surface area contributed by atoms with E-state index in [1.807, 2.05) is 54.6 Å². The molecule has 0 unspecified atom stereocenters. The van der Waals surface area contributed by atoms with Crippen LogP contribution in [0.25, 0.3) is 0 Å². The molecule has 6 nitrogen and oxygen atoms in total. The number of anilines is 1. The third-order valence-corrected chi connectivity index (χ3v) is 5.96. The van der Waals surface area contributed by atoms with Crippen LogP contribution < -0.4 is 10.2 Å². The second-order valence-corrected chi connectivity index (χ2v) is 7.78. The number of carbonyl (C=O) groups is 3. The molecule has 6 heteroatoms. The van der Waals surface area contributed by atoms with E-state index in [0.717, 1.165) is 16.8 Å². The summed E-state index contributed by atoms with van der Waals surface area (Å²) in [7, 11) is 1.77. The van der Waals surface area contributed by atoms with Gasteiger partial charge in [-0.05, 0) is 23.6 Å². The molecule has 2 aliphatic heterocycles. The molecule has 2 aromatic rings. The van der Waals surface area contributed by atoms with Crippen molar-refractivity contribution in [3.05, 3.63) is 65.7 Å². The highest BCUT2D eigenvalue weighted by molar-refractivity contribution is 6.10. The van der Waals surface area contributed by atoms with Crippen molar-refractivity contribution in [2.24, 2.45) is 0 Å². The molecule has 4 rings (SSSR count). The molecule has 2 heterocycles. The Kier molecular flexibility index (Phi) is 5.09. The van der Waals surface area contributed by atoms with Crippen molar-refractivity contribution in [3.8, 4) is 0 Å². The fourth-order valence-electron chi connectivity index (χ4n) is 4.45. The second-order valence-electron chi connectivity index (χ2n) is 7.78. The molecule has 3 amide bonds. The molecule has 1 fully saturated rings. The number of nitrogens with zero attached hydrogens (tertiary/aromatic N) is 2. The van der Waals surface area contributed by atoms with Gasteiger partial charge in [0.2, 0.25) is 17.7 Å². The predicted octanol–water partition coefficient (Wildman–Crippen LogP) is 1.88. The summed E-state index contributed by atoms with van der Waals surface area (Å²) in [6, 6.07) is 17.6. The maximum Gasteiger partial charge on any atom is 0.238 e. The van der Waals surface area contributed by atoms with Crippen molar-refractivity contribution in [3.63, 3.8) is 0 Å². The summed E-state index contributed by atoms with van der Waals surface area (Å²) >= 11 is 0. The van der Waals surface area contributed by atoms with E-state index < -0.39 is 5.41 Å². The Labute approximate surface area is 170 Å². The lowest BCUT2D eigenvalue weighted by Crippen LogP contribution is -2.46. The molecule has 1 atom stereocenters. The third-order valence-electron chi connectivity index (χ3n) is 5.96. The minimum absolute atomic E-state index is 0.0404. The Balaban J connectivity index is 1.71. The topological polar surface area (TPSA) is 69.7 Å². The number of amides is 3. The molecule has 29 heavy (non-hydrogen) atoms. The van der Waals surface area contributed by atoms with E-state index in [4.69, 9.17) is 0 Å². The molecular weight excluding hydrogens is 366 g/mol. The maximum atomic E-state index is 13.5. The van der Waals surface area contributed by atoms with Gasteiger partial charge in [0.1, 0.15) is 0 Å². The van der Waals surface area contributed by atoms with Crippen LogP contribution in [0.5, 0.6) is 0 Å². The van der Waals surface area contributed by atoms with Gasteiger partial charge in [-0.15, -0.1) is 0 Å². The molecule has 0 aliphatic carbocycles. The number of benzene rings is 2. The predicted molar refractivity (Wildman–Crippen MR) is 110 cm³/mol. The second kappa shape index (κ2) is 7.70. The van der Waals surface area contributed by atoms with Crippen molar-refractivity contribution in [2.75, 3.05) is 31.6 Å². The number of para-hydroxylation sites is 1. The molecule has 0 bridgehead atoms. The van der Waals surface area contributed by atoms with E-state index in [9.17, 15) is 14.4 Å². The van der Waals surface area contributed by atoms with Crippen molar-refractivity contribution in [1.29, 1.82) is 0 Å². The first-order valence-corrected chi connectivity index (χ1v) is 9.97. The number of rotatable bonds is 4. The molecule has 0 aromatic heterocycles. The van der Waals surface area contributed by atoms with E-state index in [1.54, 1.807) is 16.8 Å². The van der Waals surface area contributed by atoms with Crippen LogP contribution in [0, 0.1) is 0 Å². The average Bonchev–Trinajstić information content (AvgIpc) is 2.88. The highest BCUT2D eigenvalue weighted by Gasteiger charge is 2.51. The fourth-order valence-corrected chi connectivity index (χ4v) is 4.45. The summed E-state index contributed by atoms with van der Waals surface area (Å²) in [4.78, 5) is 41.8. The van der Waals surface area contributed by atoms with Crippen LogP contribution >= 0.6 is 0 Å². The zero-order valence-electron chi connectivity index (χ0n) is 16.6. The summed E-state index contributed by atoms with van der Waals surface area (Å²) in [5, 5.41) is 2.80. The van der Waals surface area contributed by atoms with Crippen molar-refractivity contribution >= 4 is 23.4 Å². The molecule has 1 N–H and O–H groups in total. The maximum absolute atomic E-state index is 13.5. The van der Waals surface area contributed by atoms with Gasteiger partial charge in [0.25, 0.3) is 0 Å². The first kappa shape index (κ1) is 19.2. The number of nitrogens with one attached hydrogen (secondary N) is 1.